The van der Waals surface area contributed by atoms with E-state index in [1.165, 1.54) is 34.4 Å². The highest BCUT2D eigenvalue weighted by atomic mass is 79.9. The van der Waals surface area contributed by atoms with Crippen molar-refractivity contribution in [2.24, 2.45) is 0 Å². The predicted octanol–water partition coefficient (Wildman–Crippen LogP) is 12.0. The van der Waals surface area contributed by atoms with Crippen LogP contribution in [0.2, 0.25) is 0 Å². The number of thiophene rings is 2. The fraction of sp³-hybridized carbons (Fsp3) is 0.0857. The molecule has 2 heterocycles. The summed E-state index contributed by atoms with van der Waals surface area (Å²) in [4.78, 5) is 4.50. The number of hydrogen-bond donors (Lipinski definition) is 0. The van der Waals surface area contributed by atoms with Crippen LogP contribution >= 0.6 is 38.6 Å². The van der Waals surface area contributed by atoms with Crippen LogP contribution < -0.4 is 9.80 Å². The molecule has 7 rings (SSSR count). The van der Waals surface area contributed by atoms with Crippen molar-refractivity contribution >= 4 is 71.4 Å². The molecule has 0 radical (unpaired) electrons. The van der Waals surface area contributed by atoms with Gasteiger partial charge in [-0.2, -0.15) is 0 Å². The van der Waals surface area contributed by atoms with Gasteiger partial charge in [0.1, 0.15) is 5.82 Å². The lowest BCUT2D eigenvalue weighted by Gasteiger charge is -2.29. The minimum absolute atomic E-state index is 0.0932. The van der Waals surface area contributed by atoms with E-state index in [0.29, 0.717) is 0 Å². The Hall–Kier alpha value is -3.71. The van der Waals surface area contributed by atoms with Crippen molar-refractivity contribution in [3.8, 4) is 11.1 Å². The van der Waals surface area contributed by atoms with Crippen molar-refractivity contribution in [1.82, 2.24) is 0 Å². The minimum atomic E-state index is -0.250. The highest BCUT2D eigenvalue weighted by molar-refractivity contribution is 9.10. The molecule has 4 aromatic carbocycles. The Morgan fingerprint density at radius 1 is 0.585 bits per heavy atom. The first-order chi connectivity index (χ1) is 19.9. The summed E-state index contributed by atoms with van der Waals surface area (Å²) in [6.07, 6.45) is 0. The summed E-state index contributed by atoms with van der Waals surface area (Å²) in [5.41, 5.74) is 9.26. The van der Waals surface area contributed by atoms with Gasteiger partial charge in [0.05, 0.1) is 21.4 Å². The average molecular weight is 638 g/mol. The van der Waals surface area contributed by atoms with E-state index in [1.54, 1.807) is 22.7 Å². The summed E-state index contributed by atoms with van der Waals surface area (Å²) >= 11 is 7.18. The maximum absolute atomic E-state index is 13.9. The second kappa shape index (κ2) is 10.3. The maximum atomic E-state index is 13.9. The lowest BCUT2D eigenvalue weighted by molar-refractivity contribution is 0.628. The highest BCUT2D eigenvalue weighted by Crippen LogP contribution is 2.51. The Morgan fingerprint density at radius 2 is 1.17 bits per heavy atom. The first-order valence-electron chi connectivity index (χ1n) is 13.4. The van der Waals surface area contributed by atoms with Crippen molar-refractivity contribution in [2.75, 3.05) is 9.80 Å². The molecule has 41 heavy (non-hydrogen) atoms. The number of hydrogen-bond acceptors (Lipinski definition) is 4. The van der Waals surface area contributed by atoms with E-state index in [9.17, 15) is 4.39 Å². The molecule has 0 N–H and O–H groups in total. The van der Waals surface area contributed by atoms with Crippen molar-refractivity contribution in [3.05, 3.63) is 141 Å². The Kier molecular flexibility index (Phi) is 6.57. The van der Waals surface area contributed by atoms with Gasteiger partial charge in [-0.15, -0.1) is 22.7 Å². The standard InChI is InChI=1S/C35H26BrFN2S2/c1-35(2)31-8-4-3-7-29(31)30-16-15-26(22-32(30)35)39(34-10-6-18-41-34)28-20-23(36)19-27(21-28)38(33-9-5-17-40-33)25-13-11-24(37)12-14-25/h3-22H,1-2H3. The van der Waals surface area contributed by atoms with E-state index in [2.05, 4.69) is 129 Å². The van der Waals surface area contributed by atoms with Crippen LogP contribution in [-0.2, 0) is 5.41 Å². The predicted molar refractivity (Wildman–Crippen MR) is 177 cm³/mol. The monoisotopic (exact) mass is 636 g/mol. The minimum Gasteiger partial charge on any atom is -0.302 e. The van der Waals surface area contributed by atoms with E-state index in [0.717, 1.165) is 37.2 Å². The number of fused-ring (bicyclic) bond motifs is 3. The Morgan fingerprint density at radius 3 is 1.80 bits per heavy atom. The number of anilines is 6. The summed E-state index contributed by atoms with van der Waals surface area (Å²) in [6.45, 7) is 4.63. The van der Waals surface area contributed by atoms with Gasteiger partial charge in [-0.25, -0.2) is 4.39 Å². The lowest BCUT2D eigenvalue weighted by atomic mass is 9.82. The van der Waals surface area contributed by atoms with E-state index in [-0.39, 0.29) is 11.2 Å². The van der Waals surface area contributed by atoms with Gasteiger partial charge in [-0.05, 0) is 112 Å². The molecule has 0 atom stereocenters. The lowest BCUT2D eigenvalue weighted by Crippen LogP contribution is -2.16. The fourth-order valence-corrected chi connectivity index (χ4v) is 7.85. The van der Waals surface area contributed by atoms with Crippen molar-refractivity contribution in [1.29, 1.82) is 0 Å². The third kappa shape index (κ3) is 4.60. The summed E-state index contributed by atoms with van der Waals surface area (Å²) in [6, 6.07) is 37.1. The molecule has 0 fully saturated rings. The Balaban J connectivity index is 1.39. The Labute approximate surface area is 256 Å². The molecule has 0 aliphatic heterocycles. The summed E-state index contributed by atoms with van der Waals surface area (Å²) < 4.78 is 14.8. The largest absolute Gasteiger partial charge is 0.302 e. The topological polar surface area (TPSA) is 6.48 Å². The zero-order valence-electron chi connectivity index (χ0n) is 22.5. The molecule has 1 aliphatic rings. The highest BCUT2D eigenvalue weighted by Gasteiger charge is 2.35. The Bertz CT molecular complexity index is 1840. The number of halogens is 2. The summed E-state index contributed by atoms with van der Waals surface area (Å²) in [5.74, 6) is -0.250. The van der Waals surface area contributed by atoms with Crippen molar-refractivity contribution in [3.63, 3.8) is 0 Å². The number of nitrogens with zero attached hydrogens (tertiary/aromatic N) is 2. The molecule has 6 heteroatoms. The van der Waals surface area contributed by atoms with Gasteiger partial charge in [-0.3, -0.25) is 0 Å². The molecular formula is C35H26BrFN2S2. The molecule has 0 unspecified atom stereocenters. The van der Waals surface area contributed by atoms with Crippen LogP contribution in [0.1, 0.15) is 25.0 Å². The molecule has 0 amide bonds. The molecule has 0 saturated carbocycles. The van der Waals surface area contributed by atoms with Gasteiger partial charge < -0.3 is 9.80 Å². The second-order valence-corrected chi connectivity index (χ2v) is 13.4. The fourth-order valence-electron chi connectivity index (χ4n) is 5.84. The number of benzene rings is 4. The third-order valence-electron chi connectivity index (χ3n) is 7.75. The molecule has 1 aliphatic carbocycles. The summed E-state index contributed by atoms with van der Waals surface area (Å²) in [5, 5.41) is 6.37. The molecule has 6 aromatic rings. The molecule has 0 saturated heterocycles. The zero-order chi connectivity index (χ0) is 28.1. The van der Waals surface area contributed by atoms with Gasteiger partial charge in [0.15, 0.2) is 0 Å². The van der Waals surface area contributed by atoms with Crippen LogP contribution in [-0.4, -0.2) is 0 Å². The first-order valence-corrected chi connectivity index (χ1v) is 15.9. The van der Waals surface area contributed by atoms with Crippen LogP contribution in [0, 0.1) is 5.82 Å². The van der Waals surface area contributed by atoms with Crippen molar-refractivity contribution < 1.29 is 4.39 Å². The molecule has 202 valence electrons. The molecule has 2 nitrogen and oxygen atoms in total. The second-order valence-electron chi connectivity index (χ2n) is 10.6. The normalized spacial score (nSPS) is 13.1. The van der Waals surface area contributed by atoms with Crippen molar-refractivity contribution in [2.45, 2.75) is 19.3 Å². The summed E-state index contributed by atoms with van der Waals surface area (Å²) in [7, 11) is 0. The van der Waals surface area contributed by atoms with Crippen LogP contribution in [0.15, 0.2) is 124 Å². The molecular weight excluding hydrogens is 611 g/mol. The van der Waals surface area contributed by atoms with E-state index >= 15 is 0 Å². The molecule has 0 spiro atoms. The first kappa shape index (κ1) is 26.2. The third-order valence-corrected chi connectivity index (χ3v) is 9.91. The maximum Gasteiger partial charge on any atom is 0.123 e. The van der Waals surface area contributed by atoms with Gasteiger partial charge in [0.25, 0.3) is 0 Å². The van der Waals surface area contributed by atoms with Gasteiger partial charge >= 0.3 is 0 Å². The van der Waals surface area contributed by atoms with Crippen LogP contribution in [0.5, 0.6) is 0 Å². The smallest absolute Gasteiger partial charge is 0.123 e. The van der Waals surface area contributed by atoms with E-state index in [4.69, 9.17) is 0 Å². The van der Waals surface area contributed by atoms with Crippen LogP contribution in [0.4, 0.5) is 37.1 Å². The van der Waals surface area contributed by atoms with Crippen LogP contribution in [0.25, 0.3) is 11.1 Å². The quantitative estimate of drug-likeness (QED) is 0.179. The average Bonchev–Trinajstić information content (AvgIpc) is 3.73. The number of rotatable bonds is 6. The van der Waals surface area contributed by atoms with Gasteiger partial charge in [0.2, 0.25) is 0 Å². The van der Waals surface area contributed by atoms with E-state index < -0.39 is 0 Å². The zero-order valence-corrected chi connectivity index (χ0v) is 25.7. The SMILES string of the molecule is CC1(C)c2ccccc2-c2ccc(N(c3cc(Br)cc(N(c4ccc(F)cc4)c4cccs4)c3)c3cccs3)cc21. The van der Waals surface area contributed by atoms with Crippen LogP contribution in [0.3, 0.4) is 0 Å². The van der Waals surface area contributed by atoms with Gasteiger partial charge in [0, 0.05) is 21.3 Å². The molecule has 2 aromatic heterocycles. The van der Waals surface area contributed by atoms with E-state index in [1.807, 2.05) is 18.2 Å². The van der Waals surface area contributed by atoms with Gasteiger partial charge in [-0.1, -0.05) is 60.1 Å². The molecule has 0 bridgehead atoms.